The van der Waals surface area contributed by atoms with Crippen molar-refractivity contribution in [2.45, 2.75) is 27.2 Å². The van der Waals surface area contributed by atoms with E-state index in [4.69, 9.17) is 11.6 Å². The molecule has 0 fully saturated rings. The molecule has 1 aromatic heterocycles. The first kappa shape index (κ1) is 23.1. The van der Waals surface area contributed by atoms with E-state index in [-0.39, 0.29) is 5.91 Å². The number of pyridine rings is 1. The van der Waals surface area contributed by atoms with E-state index in [0.29, 0.717) is 10.6 Å². The van der Waals surface area contributed by atoms with E-state index in [1.165, 1.54) is 0 Å². The van der Waals surface area contributed by atoms with Crippen molar-refractivity contribution in [1.82, 2.24) is 10.3 Å². The summed E-state index contributed by atoms with van der Waals surface area (Å²) in [5.41, 5.74) is 4.35. The highest BCUT2D eigenvalue weighted by Crippen LogP contribution is 2.16. The van der Waals surface area contributed by atoms with E-state index in [1.54, 1.807) is 30.5 Å². The van der Waals surface area contributed by atoms with Gasteiger partial charge in [0.25, 0.3) is 5.91 Å². The zero-order chi connectivity index (χ0) is 20.9. The number of halogens is 1. The Hall–Kier alpha value is -2.91. The number of aromatic nitrogens is 1. The van der Waals surface area contributed by atoms with Gasteiger partial charge < -0.3 is 5.32 Å². The van der Waals surface area contributed by atoms with Gasteiger partial charge in [-0.3, -0.25) is 9.78 Å². The highest BCUT2D eigenvalue weighted by molar-refractivity contribution is 6.30. The largest absolute Gasteiger partial charge is 0.322 e. The third-order valence-corrected chi connectivity index (χ3v) is 4.30. The van der Waals surface area contributed by atoms with Gasteiger partial charge in [-0.15, -0.1) is 13.2 Å². The molecule has 28 heavy (non-hydrogen) atoms. The fourth-order valence-corrected chi connectivity index (χ4v) is 2.44. The molecule has 0 saturated carbocycles. The summed E-state index contributed by atoms with van der Waals surface area (Å²) in [6.07, 6.45) is 8.51. The second-order valence-corrected chi connectivity index (χ2v) is 6.24. The normalized spacial score (nSPS) is 12.1. The van der Waals surface area contributed by atoms with E-state index in [2.05, 4.69) is 30.4 Å². The Bertz CT molecular complexity index is 850. The SMILES string of the molecule is C=C.C\C=C(/C=C\C(NC(=O)c1ccc(Cl)cc1)=C(/C)CC)c1ccccn1. The lowest BCUT2D eigenvalue weighted by atomic mass is 10.1. The number of nitrogens with zero attached hydrogens (tertiary/aromatic N) is 1. The Morgan fingerprint density at radius 3 is 2.36 bits per heavy atom. The predicted molar refractivity (Wildman–Crippen MR) is 120 cm³/mol. The zero-order valence-electron chi connectivity index (χ0n) is 16.7. The molecule has 0 atom stereocenters. The summed E-state index contributed by atoms with van der Waals surface area (Å²) >= 11 is 5.89. The first-order valence-electron chi connectivity index (χ1n) is 9.07. The molecule has 0 unspecified atom stereocenters. The molecule has 1 heterocycles. The van der Waals surface area contributed by atoms with Crippen LogP contribution in [0.25, 0.3) is 5.57 Å². The lowest BCUT2D eigenvalue weighted by molar-refractivity contribution is 0.0966. The maximum atomic E-state index is 12.5. The van der Waals surface area contributed by atoms with Crippen molar-refractivity contribution in [2.24, 2.45) is 0 Å². The van der Waals surface area contributed by atoms with Crippen LogP contribution in [0, 0.1) is 0 Å². The standard InChI is InChI=1S/C22H23ClN2O.C2H4/c1-4-16(3)20(25-22(26)18-9-12-19(23)13-10-18)14-11-17(5-2)21-8-6-7-15-24-21;1-2/h5-15H,4H2,1-3H3,(H,25,26);1-2H2/b14-11-,17-5+,20-16-;. The van der Waals surface area contributed by atoms with Crippen LogP contribution in [0.2, 0.25) is 5.02 Å². The third-order valence-electron chi connectivity index (χ3n) is 4.05. The Labute approximate surface area is 173 Å². The molecule has 0 bridgehead atoms. The molecule has 4 heteroatoms. The van der Waals surface area contributed by atoms with Gasteiger partial charge >= 0.3 is 0 Å². The monoisotopic (exact) mass is 394 g/mol. The number of hydrogen-bond acceptors (Lipinski definition) is 2. The van der Waals surface area contributed by atoms with Crippen LogP contribution in [0.1, 0.15) is 43.2 Å². The van der Waals surface area contributed by atoms with E-state index >= 15 is 0 Å². The van der Waals surface area contributed by atoms with Crippen molar-refractivity contribution in [3.05, 3.63) is 108 Å². The summed E-state index contributed by atoms with van der Waals surface area (Å²) in [7, 11) is 0. The molecule has 0 aliphatic carbocycles. The van der Waals surface area contributed by atoms with Crippen LogP contribution in [0.4, 0.5) is 0 Å². The van der Waals surface area contributed by atoms with Crippen LogP contribution in [0.15, 0.2) is 91.3 Å². The Morgan fingerprint density at radius 1 is 1.14 bits per heavy atom. The molecule has 2 aromatic rings. The van der Waals surface area contributed by atoms with Gasteiger partial charge in [-0.2, -0.15) is 0 Å². The van der Waals surface area contributed by atoms with Gasteiger partial charge in [0, 0.05) is 22.5 Å². The molecule has 3 nitrogen and oxygen atoms in total. The first-order valence-corrected chi connectivity index (χ1v) is 9.45. The first-order chi connectivity index (χ1) is 13.5. The van der Waals surface area contributed by atoms with Crippen LogP contribution in [0.5, 0.6) is 0 Å². The van der Waals surface area contributed by atoms with Crippen LogP contribution in [-0.4, -0.2) is 10.9 Å². The van der Waals surface area contributed by atoms with E-state index in [0.717, 1.165) is 29.0 Å². The number of amides is 1. The van der Waals surface area contributed by atoms with Crippen molar-refractivity contribution in [1.29, 1.82) is 0 Å². The van der Waals surface area contributed by atoms with Gasteiger partial charge in [-0.1, -0.05) is 36.7 Å². The number of carbonyl (C=O) groups excluding carboxylic acids is 1. The fourth-order valence-electron chi connectivity index (χ4n) is 2.31. The number of allylic oxidation sites excluding steroid dienone is 5. The van der Waals surface area contributed by atoms with Gasteiger partial charge in [-0.05, 0) is 73.9 Å². The van der Waals surface area contributed by atoms with Crippen molar-refractivity contribution in [2.75, 3.05) is 0 Å². The van der Waals surface area contributed by atoms with Crippen LogP contribution < -0.4 is 5.32 Å². The number of benzene rings is 1. The smallest absolute Gasteiger partial charge is 0.255 e. The average Bonchev–Trinajstić information content (AvgIpc) is 2.75. The van der Waals surface area contributed by atoms with E-state index < -0.39 is 0 Å². The number of carbonyl (C=O) groups is 1. The second kappa shape index (κ2) is 12.5. The molecule has 1 aromatic carbocycles. The predicted octanol–water partition coefficient (Wildman–Crippen LogP) is 6.61. The molecule has 0 spiro atoms. The Morgan fingerprint density at radius 2 is 1.82 bits per heavy atom. The molecule has 1 N–H and O–H groups in total. The minimum Gasteiger partial charge on any atom is -0.322 e. The second-order valence-electron chi connectivity index (χ2n) is 5.80. The van der Waals surface area contributed by atoms with Crippen molar-refractivity contribution in [3.8, 4) is 0 Å². The van der Waals surface area contributed by atoms with Crippen LogP contribution in [-0.2, 0) is 0 Å². The Balaban J connectivity index is 0.00000190. The van der Waals surface area contributed by atoms with Gasteiger partial charge in [-0.25, -0.2) is 0 Å². The van der Waals surface area contributed by atoms with Gasteiger partial charge in [0.1, 0.15) is 0 Å². The molecule has 0 saturated heterocycles. The summed E-state index contributed by atoms with van der Waals surface area (Å²) in [4.78, 5) is 16.9. The molecule has 0 radical (unpaired) electrons. The van der Waals surface area contributed by atoms with Gasteiger partial charge in [0.05, 0.1) is 5.69 Å². The van der Waals surface area contributed by atoms with E-state index in [9.17, 15) is 4.79 Å². The molecule has 1 amide bonds. The van der Waals surface area contributed by atoms with E-state index in [1.807, 2.05) is 50.3 Å². The lowest BCUT2D eigenvalue weighted by Gasteiger charge is -2.10. The molecular formula is C24H27ClN2O. The summed E-state index contributed by atoms with van der Waals surface area (Å²) in [5, 5.41) is 3.60. The van der Waals surface area contributed by atoms with Crippen molar-refractivity contribution in [3.63, 3.8) is 0 Å². The Kier molecular flexibility index (Phi) is 10.3. The topological polar surface area (TPSA) is 42.0 Å². The summed E-state index contributed by atoms with van der Waals surface area (Å²) in [6, 6.07) is 12.7. The number of rotatable bonds is 6. The highest BCUT2D eigenvalue weighted by Gasteiger charge is 2.08. The molecule has 0 aliphatic rings. The van der Waals surface area contributed by atoms with Crippen LogP contribution >= 0.6 is 11.6 Å². The molecule has 2 rings (SSSR count). The molecular weight excluding hydrogens is 368 g/mol. The summed E-state index contributed by atoms with van der Waals surface area (Å²) < 4.78 is 0. The van der Waals surface area contributed by atoms with Crippen molar-refractivity contribution >= 4 is 23.1 Å². The maximum absolute atomic E-state index is 12.5. The fraction of sp³-hybridized carbons (Fsp3) is 0.167. The average molecular weight is 395 g/mol. The van der Waals surface area contributed by atoms with Crippen LogP contribution in [0.3, 0.4) is 0 Å². The lowest BCUT2D eigenvalue weighted by Crippen LogP contribution is -2.22. The summed E-state index contributed by atoms with van der Waals surface area (Å²) in [6.45, 7) is 12.0. The molecule has 146 valence electrons. The summed E-state index contributed by atoms with van der Waals surface area (Å²) in [5.74, 6) is -0.158. The maximum Gasteiger partial charge on any atom is 0.255 e. The zero-order valence-corrected chi connectivity index (χ0v) is 17.5. The highest BCUT2D eigenvalue weighted by atomic mass is 35.5. The number of hydrogen-bond donors (Lipinski definition) is 1. The minimum atomic E-state index is -0.158. The van der Waals surface area contributed by atoms with Crippen molar-refractivity contribution < 1.29 is 4.79 Å². The molecule has 0 aliphatic heterocycles. The van der Waals surface area contributed by atoms with Gasteiger partial charge in [0.15, 0.2) is 0 Å². The van der Waals surface area contributed by atoms with Gasteiger partial charge in [0.2, 0.25) is 0 Å². The number of nitrogens with one attached hydrogen (secondary N) is 1. The quantitative estimate of drug-likeness (QED) is 0.442. The minimum absolute atomic E-state index is 0.158. The third kappa shape index (κ3) is 7.01.